The topological polar surface area (TPSA) is 50.8 Å². The number of rotatable bonds is 6. The van der Waals surface area contributed by atoms with Gasteiger partial charge in [-0.25, -0.2) is 4.79 Å². The molecule has 2 amide bonds. The Bertz CT molecular complexity index is 866. The summed E-state index contributed by atoms with van der Waals surface area (Å²) in [7, 11) is 3.30. The third-order valence-corrected chi connectivity index (χ3v) is 5.92. The number of benzene rings is 2. The van der Waals surface area contributed by atoms with Crippen molar-refractivity contribution in [3.05, 3.63) is 53.1 Å². The van der Waals surface area contributed by atoms with Crippen molar-refractivity contribution in [3.8, 4) is 11.5 Å². The van der Waals surface area contributed by atoms with E-state index in [0.717, 1.165) is 42.1 Å². The van der Waals surface area contributed by atoms with Crippen LogP contribution >= 0.6 is 0 Å². The van der Waals surface area contributed by atoms with E-state index in [9.17, 15) is 4.79 Å². The third-order valence-electron chi connectivity index (χ3n) is 5.92. The van der Waals surface area contributed by atoms with E-state index in [1.54, 1.807) is 14.2 Å². The van der Waals surface area contributed by atoms with Gasteiger partial charge in [0, 0.05) is 23.9 Å². The fourth-order valence-electron chi connectivity index (χ4n) is 4.30. The van der Waals surface area contributed by atoms with E-state index in [4.69, 9.17) is 9.47 Å². The summed E-state index contributed by atoms with van der Waals surface area (Å²) in [6.45, 7) is 9.38. The molecule has 162 valence electrons. The van der Waals surface area contributed by atoms with Gasteiger partial charge in [-0.1, -0.05) is 45.9 Å². The van der Waals surface area contributed by atoms with Gasteiger partial charge in [0.25, 0.3) is 0 Å². The van der Waals surface area contributed by atoms with Gasteiger partial charge in [-0.2, -0.15) is 0 Å². The van der Waals surface area contributed by atoms with Crippen molar-refractivity contribution in [2.75, 3.05) is 26.1 Å². The number of nitrogens with zero attached hydrogens (tertiary/aromatic N) is 1. The van der Waals surface area contributed by atoms with Crippen molar-refractivity contribution >= 4 is 11.7 Å². The number of hydrogen-bond acceptors (Lipinski definition) is 3. The number of urea groups is 1. The predicted molar refractivity (Wildman–Crippen MR) is 122 cm³/mol. The Hall–Kier alpha value is -2.69. The molecule has 1 atom stereocenters. The number of carbonyl (C=O) groups excluding carboxylic acids is 1. The number of para-hydroxylation sites is 1. The summed E-state index contributed by atoms with van der Waals surface area (Å²) in [4.78, 5) is 15.4. The van der Waals surface area contributed by atoms with Gasteiger partial charge in [0.15, 0.2) is 0 Å². The highest BCUT2D eigenvalue weighted by Gasteiger charge is 2.33. The SMILES string of the molecule is COc1ccc(C2CCCN2C(=O)Nc2c(C(C)C)cccc2C(C)C)c(OC)c1. The first-order valence-corrected chi connectivity index (χ1v) is 10.8. The zero-order chi connectivity index (χ0) is 21.8. The number of amides is 2. The molecular weight excluding hydrogens is 376 g/mol. The Morgan fingerprint density at radius 3 is 2.27 bits per heavy atom. The molecule has 0 aromatic heterocycles. The Labute approximate surface area is 180 Å². The molecule has 3 rings (SSSR count). The lowest BCUT2D eigenvalue weighted by Crippen LogP contribution is -2.35. The summed E-state index contributed by atoms with van der Waals surface area (Å²) < 4.78 is 10.9. The molecule has 2 aromatic carbocycles. The largest absolute Gasteiger partial charge is 0.497 e. The van der Waals surface area contributed by atoms with E-state index < -0.39 is 0 Å². The summed E-state index contributed by atoms with van der Waals surface area (Å²) in [5.74, 6) is 2.16. The predicted octanol–water partition coefficient (Wildman–Crippen LogP) is 6.32. The van der Waals surface area contributed by atoms with Crippen LogP contribution in [0.5, 0.6) is 11.5 Å². The summed E-state index contributed by atoms with van der Waals surface area (Å²) >= 11 is 0. The summed E-state index contributed by atoms with van der Waals surface area (Å²) in [6, 6.07) is 12.1. The number of nitrogens with one attached hydrogen (secondary N) is 1. The van der Waals surface area contributed by atoms with Gasteiger partial charge in [0.1, 0.15) is 11.5 Å². The second-order valence-corrected chi connectivity index (χ2v) is 8.51. The summed E-state index contributed by atoms with van der Waals surface area (Å²) in [5, 5.41) is 3.27. The van der Waals surface area contributed by atoms with Gasteiger partial charge >= 0.3 is 6.03 Å². The van der Waals surface area contributed by atoms with Gasteiger partial charge in [-0.15, -0.1) is 0 Å². The Morgan fingerprint density at radius 2 is 1.70 bits per heavy atom. The second kappa shape index (κ2) is 9.41. The van der Waals surface area contributed by atoms with Crippen LogP contribution in [0.1, 0.15) is 75.1 Å². The Kier molecular flexibility index (Phi) is 6.91. The molecule has 1 saturated heterocycles. The molecule has 0 aliphatic carbocycles. The molecule has 1 unspecified atom stereocenters. The maximum Gasteiger partial charge on any atom is 0.322 e. The van der Waals surface area contributed by atoms with Crippen molar-refractivity contribution in [2.45, 2.75) is 58.4 Å². The van der Waals surface area contributed by atoms with Crippen LogP contribution in [0.2, 0.25) is 0 Å². The molecule has 5 heteroatoms. The lowest BCUT2D eigenvalue weighted by atomic mass is 9.92. The van der Waals surface area contributed by atoms with Gasteiger partial charge < -0.3 is 19.7 Å². The minimum atomic E-state index is -0.0506. The van der Waals surface area contributed by atoms with Crippen molar-refractivity contribution in [2.24, 2.45) is 0 Å². The number of carbonyl (C=O) groups is 1. The van der Waals surface area contributed by atoms with E-state index >= 15 is 0 Å². The number of anilines is 1. The van der Waals surface area contributed by atoms with Crippen LogP contribution in [0.25, 0.3) is 0 Å². The molecule has 0 bridgehead atoms. The molecule has 5 nitrogen and oxygen atoms in total. The van der Waals surface area contributed by atoms with Crippen LogP contribution in [0.4, 0.5) is 10.5 Å². The molecular formula is C25H34N2O3. The smallest absolute Gasteiger partial charge is 0.322 e. The standard InChI is InChI=1S/C25H34N2O3/c1-16(2)19-9-7-10-20(17(3)4)24(19)26-25(28)27-14-8-11-22(27)21-13-12-18(29-5)15-23(21)30-6/h7,9-10,12-13,15-17,22H,8,11,14H2,1-6H3,(H,26,28). The number of methoxy groups -OCH3 is 2. The van der Waals surface area contributed by atoms with Crippen molar-refractivity contribution < 1.29 is 14.3 Å². The summed E-state index contributed by atoms with van der Waals surface area (Å²) in [6.07, 6.45) is 1.88. The van der Waals surface area contributed by atoms with Crippen LogP contribution in [0.15, 0.2) is 36.4 Å². The van der Waals surface area contributed by atoms with Crippen molar-refractivity contribution in [1.29, 1.82) is 0 Å². The monoisotopic (exact) mass is 410 g/mol. The Balaban J connectivity index is 1.91. The molecule has 1 fully saturated rings. The third kappa shape index (κ3) is 4.40. The molecule has 1 N–H and O–H groups in total. The van der Waals surface area contributed by atoms with E-state index in [1.165, 1.54) is 11.1 Å². The Morgan fingerprint density at radius 1 is 1.03 bits per heavy atom. The zero-order valence-corrected chi connectivity index (χ0v) is 19.0. The average molecular weight is 411 g/mol. The van der Waals surface area contributed by atoms with Crippen molar-refractivity contribution in [1.82, 2.24) is 4.90 Å². The maximum absolute atomic E-state index is 13.4. The molecule has 1 aliphatic heterocycles. The highest BCUT2D eigenvalue weighted by Crippen LogP contribution is 2.40. The van der Waals surface area contributed by atoms with E-state index in [1.807, 2.05) is 23.1 Å². The van der Waals surface area contributed by atoms with Crippen LogP contribution in [0, 0.1) is 0 Å². The van der Waals surface area contributed by atoms with Gasteiger partial charge in [-0.05, 0) is 47.9 Å². The summed E-state index contributed by atoms with van der Waals surface area (Å²) in [5.41, 5.74) is 4.33. The normalized spacial score (nSPS) is 16.3. The minimum absolute atomic E-state index is 0.0143. The van der Waals surface area contributed by atoms with Crippen LogP contribution in [-0.4, -0.2) is 31.7 Å². The molecule has 1 aliphatic rings. The number of ether oxygens (including phenoxy) is 2. The average Bonchev–Trinajstić information content (AvgIpc) is 3.22. The molecule has 2 aromatic rings. The van der Waals surface area contributed by atoms with Gasteiger partial charge in [0.05, 0.1) is 20.3 Å². The molecule has 0 radical (unpaired) electrons. The first-order valence-electron chi connectivity index (χ1n) is 10.8. The lowest BCUT2D eigenvalue weighted by molar-refractivity contribution is 0.206. The van der Waals surface area contributed by atoms with E-state index in [-0.39, 0.29) is 12.1 Å². The fraction of sp³-hybridized carbons (Fsp3) is 0.480. The van der Waals surface area contributed by atoms with Gasteiger partial charge in [0.2, 0.25) is 0 Å². The first-order chi connectivity index (χ1) is 14.4. The highest BCUT2D eigenvalue weighted by molar-refractivity contribution is 5.92. The van der Waals surface area contributed by atoms with E-state index in [2.05, 4.69) is 51.2 Å². The van der Waals surface area contributed by atoms with Gasteiger partial charge in [-0.3, -0.25) is 0 Å². The highest BCUT2D eigenvalue weighted by atomic mass is 16.5. The number of hydrogen-bond donors (Lipinski definition) is 1. The van der Waals surface area contributed by atoms with Crippen LogP contribution in [0.3, 0.4) is 0 Å². The second-order valence-electron chi connectivity index (χ2n) is 8.51. The van der Waals surface area contributed by atoms with Crippen LogP contribution < -0.4 is 14.8 Å². The van der Waals surface area contributed by atoms with Crippen molar-refractivity contribution in [3.63, 3.8) is 0 Å². The van der Waals surface area contributed by atoms with Crippen LogP contribution in [-0.2, 0) is 0 Å². The quantitative estimate of drug-likeness (QED) is 0.606. The minimum Gasteiger partial charge on any atom is -0.497 e. The number of likely N-dealkylation sites (tertiary alicyclic amines) is 1. The molecule has 30 heavy (non-hydrogen) atoms. The molecule has 1 heterocycles. The lowest BCUT2D eigenvalue weighted by Gasteiger charge is -2.28. The first kappa shape index (κ1) is 22.0. The molecule has 0 saturated carbocycles. The maximum atomic E-state index is 13.4. The zero-order valence-electron chi connectivity index (χ0n) is 19.0. The van der Waals surface area contributed by atoms with E-state index in [0.29, 0.717) is 11.8 Å². The molecule has 0 spiro atoms. The fourth-order valence-corrected chi connectivity index (χ4v) is 4.30.